The molecule has 0 radical (unpaired) electrons. The second-order valence-electron chi connectivity index (χ2n) is 6.10. The number of hydrogen-bond donors (Lipinski definition) is 0. The first-order valence-electron chi connectivity index (χ1n) is 8.04. The van der Waals surface area contributed by atoms with Gasteiger partial charge in [-0.1, -0.05) is 54.1 Å². The van der Waals surface area contributed by atoms with E-state index in [1.807, 2.05) is 24.4 Å². The zero-order valence-corrected chi connectivity index (χ0v) is 13.1. The molecule has 0 bridgehead atoms. The summed E-state index contributed by atoms with van der Waals surface area (Å²) in [6.07, 6.45) is 2.75. The lowest BCUT2D eigenvalue weighted by molar-refractivity contribution is 0.163. The molecule has 0 fully saturated rings. The Hall–Kier alpha value is -2.61. The average molecular weight is 301 g/mol. The Kier molecular flexibility index (Phi) is 3.58. The molecule has 0 spiro atoms. The maximum absolute atomic E-state index is 6.26. The molecule has 2 atom stereocenters. The molecule has 2 nitrogen and oxygen atoms in total. The van der Waals surface area contributed by atoms with E-state index in [4.69, 9.17) is 4.74 Å². The molecule has 0 amide bonds. The molecule has 3 aromatic rings. The third-order valence-electron chi connectivity index (χ3n) is 4.48. The van der Waals surface area contributed by atoms with Crippen LogP contribution in [0.3, 0.4) is 0 Å². The molecule has 1 aliphatic heterocycles. The highest BCUT2D eigenvalue weighted by molar-refractivity contribution is 5.46. The number of hydrogen-bond acceptors (Lipinski definition) is 2. The van der Waals surface area contributed by atoms with Crippen molar-refractivity contribution in [2.24, 2.45) is 0 Å². The van der Waals surface area contributed by atoms with Crippen LogP contribution in [-0.4, -0.2) is 4.98 Å². The Balaban J connectivity index is 1.79. The third-order valence-corrected chi connectivity index (χ3v) is 4.48. The fourth-order valence-corrected chi connectivity index (χ4v) is 3.34. The van der Waals surface area contributed by atoms with E-state index in [9.17, 15) is 0 Å². The van der Waals surface area contributed by atoms with Gasteiger partial charge in [-0.05, 0) is 30.7 Å². The monoisotopic (exact) mass is 301 g/mol. The molecule has 2 heteroatoms. The van der Waals surface area contributed by atoms with E-state index in [0.717, 1.165) is 17.9 Å². The lowest BCUT2D eigenvalue weighted by atomic mass is 9.83. The van der Waals surface area contributed by atoms with Crippen molar-refractivity contribution in [2.45, 2.75) is 25.4 Å². The zero-order chi connectivity index (χ0) is 15.6. The van der Waals surface area contributed by atoms with Gasteiger partial charge < -0.3 is 4.74 Å². The van der Waals surface area contributed by atoms with E-state index in [2.05, 4.69) is 60.4 Å². The molecule has 4 rings (SSSR count). The summed E-state index contributed by atoms with van der Waals surface area (Å²) < 4.78 is 6.26. The van der Waals surface area contributed by atoms with Crippen LogP contribution in [0.2, 0.25) is 0 Å². The van der Waals surface area contributed by atoms with Gasteiger partial charge in [-0.15, -0.1) is 0 Å². The molecule has 0 unspecified atom stereocenters. The van der Waals surface area contributed by atoms with Crippen LogP contribution in [0.15, 0.2) is 72.9 Å². The van der Waals surface area contributed by atoms with Gasteiger partial charge >= 0.3 is 0 Å². The van der Waals surface area contributed by atoms with Crippen LogP contribution in [0, 0.1) is 6.92 Å². The van der Waals surface area contributed by atoms with Crippen LogP contribution in [0.1, 0.15) is 40.8 Å². The van der Waals surface area contributed by atoms with Crippen molar-refractivity contribution in [1.82, 2.24) is 4.98 Å². The summed E-state index contributed by atoms with van der Waals surface area (Å²) in [6, 6.07) is 23.2. The zero-order valence-electron chi connectivity index (χ0n) is 13.1. The maximum Gasteiger partial charge on any atom is 0.141 e. The van der Waals surface area contributed by atoms with E-state index < -0.39 is 0 Å². The molecule has 1 aliphatic rings. The van der Waals surface area contributed by atoms with Gasteiger partial charge in [0.1, 0.15) is 11.9 Å². The van der Waals surface area contributed by atoms with E-state index in [1.165, 1.54) is 16.7 Å². The fraction of sp³-hybridized carbons (Fsp3) is 0.190. The molecular formula is C21H19NO. The summed E-state index contributed by atoms with van der Waals surface area (Å²) in [7, 11) is 0. The number of ether oxygens (including phenoxy) is 1. The Morgan fingerprint density at radius 1 is 0.957 bits per heavy atom. The summed E-state index contributed by atoms with van der Waals surface area (Å²) >= 11 is 0. The number of nitrogens with zero attached hydrogens (tertiary/aromatic N) is 1. The molecule has 114 valence electrons. The van der Waals surface area contributed by atoms with Gasteiger partial charge in [0.2, 0.25) is 0 Å². The standard InChI is InChI=1S/C21H19NO/c1-15-10-11-20-18(13-15)17(16-7-3-2-4-8-16)14-21(23-20)19-9-5-6-12-22-19/h2-13,17,21H,14H2,1H3/t17-,21+/m1/s1. The van der Waals surface area contributed by atoms with Crippen LogP contribution < -0.4 is 4.74 Å². The Morgan fingerprint density at radius 3 is 2.57 bits per heavy atom. The van der Waals surface area contributed by atoms with Gasteiger partial charge in [-0.2, -0.15) is 0 Å². The Labute approximate surface area is 136 Å². The smallest absolute Gasteiger partial charge is 0.141 e. The predicted molar refractivity (Wildman–Crippen MR) is 91.7 cm³/mol. The maximum atomic E-state index is 6.26. The van der Waals surface area contributed by atoms with Crippen molar-refractivity contribution < 1.29 is 4.74 Å². The number of rotatable bonds is 2. The molecule has 23 heavy (non-hydrogen) atoms. The van der Waals surface area contributed by atoms with E-state index in [1.54, 1.807) is 0 Å². The van der Waals surface area contributed by atoms with Gasteiger partial charge in [-0.3, -0.25) is 4.98 Å². The molecule has 1 aromatic heterocycles. The lowest BCUT2D eigenvalue weighted by Gasteiger charge is -2.32. The van der Waals surface area contributed by atoms with Crippen molar-refractivity contribution in [3.8, 4) is 5.75 Å². The summed E-state index contributed by atoms with van der Waals surface area (Å²) in [5.74, 6) is 1.32. The predicted octanol–water partition coefficient (Wildman–Crippen LogP) is 5.05. The van der Waals surface area contributed by atoms with Gasteiger partial charge in [-0.25, -0.2) is 0 Å². The molecule has 2 heterocycles. The lowest BCUT2D eigenvalue weighted by Crippen LogP contribution is -2.20. The van der Waals surface area contributed by atoms with Crippen molar-refractivity contribution in [1.29, 1.82) is 0 Å². The van der Waals surface area contributed by atoms with Gasteiger partial charge in [0, 0.05) is 24.1 Å². The van der Waals surface area contributed by atoms with Gasteiger partial charge in [0.05, 0.1) is 5.69 Å². The average Bonchev–Trinajstić information content (AvgIpc) is 2.62. The molecule has 0 N–H and O–H groups in total. The normalized spacial score (nSPS) is 19.7. The Bertz CT molecular complexity index is 799. The van der Waals surface area contributed by atoms with Crippen LogP contribution in [-0.2, 0) is 0 Å². The largest absolute Gasteiger partial charge is 0.484 e. The second kappa shape index (κ2) is 5.88. The number of benzene rings is 2. The summed E-state index contributed by atoms with van der Waals surface area (Å²) in [5.41, 5.74) is 4.89. The highest BCUT2D eigenvalue weighted by atomic mass is 16.5. The topological polar surface area (TPSA) is 22.1 Å². The summed E-state index contributed by atoms with van der Waals surface area (Å²) in [6.45, 7) is 2.13. The first-order chi connectivity index (χ1) is 11.3. The van der Waals surface area contributed by atoms with Crippen LogP contribution in [0.4, 0.5) is 0 Å². The van der Waals surface area contributed by atoms with E-state index in [0.29, 0.717) is 5.92 Å². The number of aryl methyl sites for hydroxylation is 1. The van der Waals surface area contributed by atoms with Crippen LogP contribution >= 0.6 is 0 Å². The molecule has 0 aliphatic carbocycles. The van der Waals surface area contributed by atoms with Crippen molar-refractivity contribution >= 4 is 0 Å². The number of pyridine rings is 1. The van der Waals surface area contributed by atoms with Crippen molar-refractivity contribution in [2.75, 3.05) is 0 Å². The van der Waals surface area contributed by atoms with Crippen LogP contribution in [0.5, 0.6) is 5.75 Å². The summed E-state index contributed by atoms with van der Waals surface area (Å²) in [5, 5.41) is 0. The van der Waals surface area contributed by atoms with Crippen molar-refractivity contribution in [3.63, 3.8) is 0 Å². The first kappa shape index (κ1) is 14.0. The minimum Gasteiger partial charge on any atom is -0.484 e. The fourth-order valence-electron chi connectivity index (χ4n) is 3.34. The Morgan fingerprint density at radius 2 is 1.78 bits per heavy atom. The van der Waals surface area contributed by atoms with E-state index >= 15 is 0 Å². The highest BCUT2D eigenvalue weighted by Crippen LogP contribution is 2.45. The summed E-state index contributed by atoms with van der Waals surface area (Å²) in [4.78, 5) is 4.50. The van der Waals surface area contributed by atoms with E-state index in [-0.39, 0.29) is 6.10 Å². The quantitative estimate of drug-likeness (QED) is 0.661. The minimum absolute atomic E-state index is 0.00314. The molecule has 0 saturated carbocycles. The first-order valence-corrected chi connectivity index (χ1v) is 8.04. The van der Waals surface area contributed by atoms with Gasteiger partial charge in [0.25, 0.3) is 0 Å². The minimum atomic E-state index is -0.00314. The molecular weight excluding hydrogens is 282 g/mol. The number of fused-ring (bicyclic) bond motifs is 1. The molecule has 0 saturated heterocycles. The highest BCUT2D eigenvalue weighted by Gasteiger charge is 2.30. The second-order valence-corrected chi connectivity index (χ2v) is 6.10. The van der Waals surface area contributed by atoms with Crippen LogP contribution in [0.25, 0.3) is 0 Å². The van der Waals surface area contributed by atoms with Crippen molar-refractivity contribution in [3.05, 3.63) is 95.3 Å². The number of aromatic nitrogens is 1. The van der Waals surface area contributed by atoms with Gasteiger partial charge in [0.15, 0.2) is 0 Å². The SMILES string of the molecule is Cc1ccc2c(c1)[C@@H](c1ccccc1)C[C@@H](c1ccccn1)O2. The third kappa shape index (κ3) is 2.72. The molecule has 2 aromatic carbocycles.